The van der Waals surface area contributed by atoms with E-state index in [1.165, 1.54) is 18.2 Å². The fourth-order valence-electron chi connectivity index (χ4n) is 2.73. The maximum absolute atomic E-state index is 13.2. The number of carbonyl (C=O) groups excluding carboxylic acids is 1. The average Bonchev–Trinajstić information content (AvgIpc) is 3.26. The van der Waals surface area contributed by atoms with Crippen LogP contribution in [0.3, 0.4) is 0 Å². The first-order chi connectivity index (χ1) is 13.3. The van der Waals surface area contributed by atoms with Gasteiger partial charge in [0.05, 0.1) is 17.5 Å². The van der Waals surface area contributed by atoms with Crippen molar-refractivity contribution in [3.8, 4) is 5.69 Å². The Labute approximate surface area is 163 Å². The van der Waals surface area contributed by atoms with Gasteiger partial charge in [-0.05, 0) is 42.5 Å². The first-order valence-corrected chi connectivity index (χ1v) is 10.5. The van der Waals surface area contributed by atoms with Gasteiger partial charge < -0.3 is 4.57 Å². The first-order valence-electron chi connectivity index (χ1n) is 7.88. The highest BCUT2D eigenvalue weighted by atomic mass is 32.2. The molecule has 2 aliphatic rings. The lowest BCUT2D eigenvalue weighted by Gasteiger charge is -2.23. The van der Waals surface area contributed by atoms with E-state index >= 15 is 0 Å². The van der Waals surface area contributed by atoms with E-state index in [0.717, 1.165) is 23.1 Å². The van der Waals surface area contributed by atoms with Crippen LogP contribution in [0.1, 0.15) is 5.69 Å². The van der Waals surface area contributed by atoms with E-state index < -0.39 is 15.7 Å². The molecule has 0 bridgehead atoms. The summed E-state index contributed by atoms with van der Waals surface area (Å²) in [6.07, 6.45) is 4.14. The molecule has 1 N–H and O–H groups in total. The monoisotopic (exact) mass is 417 g/mol. The van der Waals surface area contributed by atoms with Crippen LogP contribution in [0.5, 0.6) is 0 Å². The highest BCUT2D eigenvalue weighted by molar-refractivity contribution is 8.16. The van der Waals surface area contributed by atoms with Gasteiger partial charge in [0.1, 0.15) is 11.7 Å². The van der Waals surface area contributed by atoms with Crippen molar-refractivity contribution in [2.75, 3.05) is 6.26 Å². The van der Waals surface area contributed by atoms with Crippen molar-refractivity contribution in [3.63, 3.8) is 0 Å². The van der Waals surface area contributed by atoms with Crippen molar-refractivity contribution < 1.29 is 17.6 Å². The summed E-state index contributed by atoms with van der Waals surface area (Å²) in [4.78, 5) is 17.3. The Morgan fingerprint density at radius 2 is 1.93 bits per heavy atom. The van der Waals surface area contributed by atoms with Gasteiger partial charge in [-0.3, -0.25) is 10.2 Å². The van der Waals surface area contributed by atoms with Crippen molar-refractivity contribution in [1.82, 2.24) is 9.47 Å². The first kappa shape index (κ1) is 18.3. The second kappa shape index (κ2) is 6.53. The lowest BCUT2D eigenvalue weighted by atomic mass is 10.1. The van der Waals surface area contributed by atoms with E-state index in [4.69, 9.17) is 5.41 Å². The van der Waals surface area contributed by atoms with Crippen LogP contribution in [0.2, 0.25) is 0 Å². The van der Waals surface area contributed by atoms with Crippen molar-refractivity contribution in [3.05, 3.63) is 59.7 Å². The quantitative estimate of drug-likeness (QED) is 0.596. The lowest BCUT2D eigenvalue weighted by molar-refractivity contribution is -0.114. The molecule has 0 radical (unpaired) electrons. The Balaban J connectivity index is 1.77. The summed E-state index contributed by atoms with van der Waals surface area (Å²) in [6, 6.07) is 9.22. The Kier molecular flexibility index (Phi) is 4.27. The molecule has 0 fully saturated rings. The fourth-order valence-corrected chi connectivity index (χ4v) is 4.58. The Morgan fingerprint density at radius 1 is 1.21 bits per heavy atom. The van der Waals surface area contributed by atoms with E-state index in [9.17, 15) is 17.6 Å². The smallest absolute Gasteiger partial charge is 0.283 e. The minimum atomic E-state index is -3.71. The van der Waals surface area contributed by atoms with Gasteiger partial charge in [-0.2, -0.15) is 9.39 Å². The number of hydrogen-bond acceptors (Lipinski definition) is 6. The van der Waals surface area contributed by atoms with E-state index in [2.05, 4.69) is 9.39 Å². The third-order valence-electron chi connectivity index (χ3n) is 4.00. The molecule has 0 aliphatic carbocycles. The maximum atomic E-state index is 13.2. The fraction of sp³-hybridized carbons (Fsp3) is 0.0588. The number of aliphatic imine (C=N–C) groups is 1. The molecule has 11 heteroatoms. The van der Waals surface area contributed by atoms with Gasteiger partial charge >= 0.3 is 0 Å². The number of nitrogens with one attached hydrogen (secondary N) is 1. The molecule has 0 unspecified atom stereocenters. The van der Waals surface area contributed by atoms with Crippen LogP contribution in [0.25, 0.3) is 11.8 Å². The second-order valence-corrected chi connectivity index (χ2v) is 8.60. The number of carbonyl (C=O) groups is 1. The normalized spacial score (nSPS) is 18.4. The number of hydrogen-bond donors (Lipinski definition) is 1. The van der Waals surface area contributed by atoms with Crippen LogP contribution in [0, 0.1) is 11.2 Å². The largest absolute Gasteiger partial charge is 0.317 e. The highest BCUT2D eigenvalue weighted by Gasteiger charge is 2.41. The van der Waals surface area contributed by atoms with Gasteiger partial charge in [0.15, 0.2) is 0 Å². The van der Waals surface area contributed by atoms with Gasteiger partial charge in [0, 0.05) is 23.8 Å². The predicted molar refractivity (Wildman–Crippen MR) is 106 cm³/mol. The van der Waals surface area contributed by atoms with E-state index in [1.807, 2.05) is 0 Å². The molecule has 0 saturated heterocycles. The molecule has 0 atom stereocenters. The molecule has 4 rings (SSSR count). The number of sulfone groups is 1. The van der Waals surface area contributed by atoms with E-state index in [0.29, 0.717) is 11.4 Å². The molecule has 0 saturated carbocycles. The maximum Gasteiger partial charge on any atom is 0.283 e. The number of aromatic nitrogens is 1. The van der Waals surface area contributed by atoms with Crippen LogP contribution in [-0.4, -0.2) is 46.2 Å². The highest BCUT2D eigenvalue weighted by Crippen LogP contribution is 2.30. The molecule has 28 heavy (non-hydrogen) atoms. The molecular formula is C17H12FN5O3S2. The van der Waals surface area contributed by atoms with Crippen molar-refractivity contribution in [1.29, 1.82) is 5.41 Å². The van der Waals surface area contributed by atoms with E-state index in [1.54, 1.807) is 35.0 Å². The van der Waals surface area contributed by atoms with Crippen LogP contribution in [0.4, 0.5) is 4.39 Å². The topological polar surface area (TPSA) is 108 Å². The summed E-state index contributed by atoms with van der Waals surface area (Å²) in [5, 5.41) is 8.05. The van der Waals surface area contributed by atoms with Crippen molar-refractivity contribution in [2.45, 2.75) is 0 Å². The predicted octanol–water partition coefficient (Wildman–Crippen LogP) is 2.24. The van der Waals surface area contributed by atoms with Crippen LogP contribution in [0.15, 0.2) is 57.6 Å². The van der Waals surface area contributed by atoms with Gasteiger partial charge in [0.2, 0.25) is 20.2 Å². The standard InChI is InChI=1S/C17H12FN5O3S2/c1-28(25,26)17-21-27-16-20-15(24)13(14(19)23(16)17)9-12-3-2-8-22(12)11-6-4-10(18)5-7-11/h2-9,19H,1H3/b13-9-,19-14?. The number of halogens is 1. The Hall–Kier alpha value is -3.05. The summed E-state index contributed by atoms with van der Waals surface area (Å²) in [6.45, 7) is 0. The number of fused-ring (bicyclic) bond motifs is 1. The number of rotatable bonds is 2. The van der Waals surface area contributed by atoms with Crippen molar-refractivity contribution >= 4 is 49.9 Å². The van der Waals surface area contributed by atoms with Crippen LogP contribution < -0.4 is 0 Å². The summed E-state index contributed by atoms with van der Waals surface area (Å²) in [7, 11) is -3.71. The zero-order valence-corrected chi connectivity index (χ0v) is 16.0. The Bertz CT molecular complexity index is 1210. The number of nitrogens with zero attached hydrogens (tertiary/aromatic N) is 4. The molecule has 2 aromatic rings. The second-order valence-electron chi connectivity index (χ2n) is 5.96. The van der Waals surface area contributed by atoms with Crippen LogP contribution in [-0.2, 0) is 14.6 Å². The van der Waals surface area contributed by atoms with E-state index in [-0.39, 0.29) is 27.6 Å². The van der Waals surface area contributed by atoms with Crippen LogP contribution >= 0.6 is 11.9 Å². The zero-order valence-electron chi connectivity index (χ0n) is 14.3. The third kappa shape index (κ3) is 3.08. The molecule has 142 valence electrons. The van der Waals surface area contributed by atoms with Gasteiger partial charge in [-0.1, -0.05) is 0 Å². The molecule has 1 aromatic heterocycles. The molecule has 3 heterocycles. The summed E-state index contributed by atoms with van der Waals surface area (Å²) in [5.74, 6) is -1.36. The van der Waals surface area contributed by atoms with Gasteiger partial charge in [-0.25, -0.2) is 17.7 Å². The zero-order chi connectivity index (χ0) is 20.1. The summed E-state index contributed by atoms with van der Waals surface area (Å²) >= 11 is 0.735. The third-order valence-corrected chi connectivity index (χ3v) is 5.76. The minimum absolute atomic E-state index is 0.0292. The lowest BCUT2D eigenvalue weighted by Crippen LogP contribution is -2.45. The molecule has 1 aromatic carbocycles. The number of amidine groups is 3. The van der Waals surface area contributed by atoms with Crippen molar-refractivity contribution in [2.24, 2.45) is 9.39 Å². The SMILES string of the molecule is CS(=O)(=O)C1=NSC2=NC(=O)/C(=C\c3cccn3-c3ccc(F)cc3)C(=N)N21. The molecule has 8 nitrogen and oxygen atoms in total. The Morgan fingerprint density at radius 3 is 2.61 bits per heavy atom. The average molecular weight is 417 g/mol. The number of amides is 1. The molecular weight excluding hydrogens is 405 g/mol. The molecule has 2 aliphatic heterocycles. The molecule has 0 spiro atoms. The number of benzene rings is 1. The van der Waals surface area contributed by atoms with Gasteiger partial charge in [-0.15, -0.1) is 0 Å². The summed E-state index contributed by atoms with van der Waals surface area (Å²) < 4.78 is 42.6. The minimum Gasteiger partial charge on any atom is -0.317 e. The van der Waals surface area contributed by atoms with Gasteiger partial charge in [0.25, 0.3) is 5.91 Å². The summed E-state index contributed by atoms with van der Waals surface area (Å²) in [5.41, 5.74) is 1.13. The molecule has 1 amide bonds.